The zero-order chi connectivity index (χ0) is 21.4. The Balaban J connectivity index is 1.28. The Bertz CT molecular complexity index is 762. The standard InChI is InChI=1S/C28H46N2O/c1-18-13-25-28(29-4,30-16-18)17-27(31-25)12-10-21-22-9-8-20-7-5-6-11-26(20,3)24(22)14-23(21)19(2)15-27/h18,20-22,24-25,29-30H,5-17H2,1-4H3. The molecule has 2 aliphatic heterocycles. The number of piperidine rings is 1. The van der Waals surface area contributed by atoms with Crippen LogP contribution in [0.5, 0.6) is 0 Å². The third-order valence-corrected chi connectivity index (χ3v) is 11.5. The average Bonchev–Trinajstić information content (AvgIpc) is 3.24. The Morgan fingerprint density at radius 1 is 1.10 bits per heavy atom. The summed E-state index contributed by atoms with van der Waals surface area (Å²) in [5, 5.41) is 7.57. The molecule has 9 unspecified atom stereocenters. The lowest BCUT2D eigenvalue weighted by atomic mass is 9.52. The fraction of sp³-hybridized carbons (Fsp3) is 0.929. The number of fused-ring (bicyclic) bond motifs is 6. The first-order chi connectivity index (χ1) is 14.9. The Labute approximate surface area is 190 Å². The van der Waals surface area contributed by atoms with Crippen LogP contribution >= 0.6 is 0 Å². The highest BCUT2D eigenvalue weighted by Gasteiger charge is 2.60. The number of allylic oxidation sites excluding steroid dienone is 1. The lowest BCUT2D eigenvalue weighted by Crippen LogP contribution is -2.65. The molecule has 1 spiro atoms. The fourth-order valence-electron chi connectivity index (χ4n) is 9.86. The summed E-state index contributed by atoms with van der Waals surface area (Å²) in [5.74, 6) is 4.50. The summed E-state index contributed by atoms with van der Waals surface area (Å²) in [4.78, 5) is 0. The Hall–Kier alpha value is -0.380. The molecule has 0 amide bonds. The van der Waals surface area contributed by atoms with Crippen molar-refractivity contribution in [3.8, 4) is 0 Å². The lowest BCUT2D eigenvalue weighted by Gasteiger charge is -2.52. The fourth-order valence-corrected chi connectivity index (χ4v) is 9.86. The van der Waals surface area contributed by atoms with Crippen LogP contribution in [0.1, 0.15) is 97.8 Å². The van der Waals surface area contributed by atoms with E-state index in [2.05, 4.69) is 38.5 Å². The molecule has 6 aliphatic rings. The molecule has 9 atom stereocenters. The van der Waals surface area contributed by atoms with E-state index in [-0.39, 0.29) is 11.3 Å². The van der Waals surface area contributed by atoms with Gasteiger partial charge in [-0.15, -0.1) is 0 Å². The Morgan fingerprint density at radius 2 is 1.97 bits per heavy atom. The number of nitrogens with one attached hydrogen (secondary N) is 2. The van der Waals surface area contributed by atoms with Crippen LogP contribution in [0, 0.1) is 35.0 Å². The van der Waals surface area contributed by atoms with Crippen LogP contribution in [-0.4, -0.2) is 31.0 Å². The second-order valence-electron chi connectivity index (χ2n) is 13.0. The average molecular weight is 427 g/mol. The lowest BCUT2D eigenvalue weighted by molar-refractivity contribution is -0.0735. The Kier molecular flexibility index (Phi) is 4.99. The molecule has 0 aromatic rings. The largest absolute Gasteiger partial charge is 0.368 e. The van der Waals surface area contributed by atoms with Crippen LogP contribution in [0.25, 0.3) is 0 Å². The van der Waals surface area contributed by atoms with Gasteiger partial charge in [0, 0.05) is 6.42 Å². The van der Waals surface area contributed by atoms with Crippen molar-refractivity contribution in [3.05, 3.63) is 11.1 Å². The van der Waals surface area contributed by atoms with E-state index in [1.165, 1.54) is 70.6 Å². The maximum atomic E-state index is 7.06. The first kappa shape index (κ1) is 21.2. The maximum Gasteiger partial charge on any atom is 0.0982 e. The van der Waals surface area contributed by atoms with Crippen LogP contribution in [0.4, 0.5) is 0 Å². The molecule has 6 rings (SSSR count). The summed E-state index contributed by atoms with van der Waals surface area (Å²) >= 11 is 0. The highest BCUT2D eigenvalue weighted by atomic mass is 16.5. The van der Waals surface area contributed by atoms with E-state index in [0.717, 1.165) is 36.6 Å². The second kappa shape index (κ2) is 7.31. The maximum absolute atomic E-state index is 7.06. The van der Waals surface area contributed by atoms with Gasteiger partial charge in [0.1, 0.15) is 0 Å². The second-order valence-corrected chi connectivity index (χ2v) is 13.0. The SMILES string of the molecule is CNC12CC3(CCC4C(=C(C)C3)CC3C4CCC4CCCCC43C)OC1CC(C)CN2. The Morgan fingerprint density at radius 3 is 2.81 bits per heavy atom. The van der Waals surface area contributed by atoms with E-state index >= 15 is 0 Å². The van der Waals surface area contributed by atoms with Crippen molar-refractivity contribution in [3.63, 3.8) is 0 Å². The van der Waals surface area contributed by atoms with Gasteiger partial charge in [-0.2, -0.15) is 0 Å². The topological polar surface area (TPSA) is 33.3 Å². The number of hydrogen-bond acceptors (Lipinski definition) is 3. The summed E-state index contributed by atoms with van der Waals surface area (Å²) in [6, 6.07) is 0. The van der Waals surface area contributed by atoms with Crippen molar-refractivity contribution in [2.24, 2.45) is 35.0 Å². The molecule has 2 N–H and O–H groups in total. The van der Waals surface area contributed by atoms with Gasteiger partial charge >= 0.3 is 0 Å². The van der Waals surface area contributed by atoms with Crippen molar-refractivity contribution >= 4 is 0 Å². The van der Waals surface area contributed by atoms with Crippen LogP contribution in [0.3, 0.4) is 0 Å². The van der Waals surface area contributed by atoms with Crippen molar-refractivity contribution in [2.75, 3.05) is 13.6 Å². The molecule has 3 saturated carbocycles. The zero-order valence-electron chi connectivity index (χ0n) is 20.6. The first-order valence-electron chi connectivity index (χ1n) is 13.7. The molecule has 2 heterocycles. The van der Waals surface area contributed by atoms with Gasteiger partial charge in [0.05, 0.1) is 17.4 Å². The van der Waals surface area contributed by atoms with Crippen molar-refractivity contribution in [1.29, 1.82) is 0 Å². The molecule has 3 nitrogen and oxygen atoms in total. The molecule has 2 saturated heterocycles. The molecule has 0 bridgehead atoms. The van der Waals surface area contributed by atoms with Gasteiger partial charge in [-0.25, -0.2) is 0 Å². The molecule has 31 heavy (non-hydrogen) atoms. The molecule has 0 radical (unpaired) electrons. The third kappa shape index (κ3) is 3.08. The minimum absolute atomic E-state index is 0.00687. The highest BCUT2D eigenvalue weighted by Crippen LogP contribution is 2.65. The van der Waals surface area contributed by atoms with E-state index in [1.807, 2.05) is 5.57 Å². The molecule has 4 aliphatic carbocycles. The van der Waals surface area contributed by atoms with Gasteiger partial charge in [-0.05, 0) is 113 Å². The predicted octanol–water partition coefficient (Wildman–Crippen LogP) is 5.80. The van der Waals surface area contributed by atoms with E-state index in [4.69, 9.17) is 4.74 Å². The normalized spacial score (nSPS) is 54.2. The molecule has 0 aromatic heterocycles. The van der Waals surface area contributed by atoms with Crippen LogP contribution in [0.15, 0.2) is 11.1 Å². The van der Waals surface area contributed by atoms with Crippen LogP contribution in [0.2, 0.25) is 0 Å². The van der Waals surface area contributed by atoms with Crippen molar-refractivity contribution in [1.82, 2.24) is 10.6 Å². The predicted molar refractivity (Wildman–Crippen MR) is 127 cm³/mol. The minimum atomic E-state index is -0.00687. The van der Waals surface area contributed by atoms with Crippen molar-refractivity contribution in [2.45, 2.75) is 115 Å². The summed E-state index contributed by atoms with van der Waals surface area (Å²) in [6.07, 6.45) is 16.9. The van der Waals surface area contributed by atoms with Gasteiger partial charge in [0.25, 0.3) is 0 Å². The highest BCUT2D eigenvalue weighted by molar-refractivity contribution is 5.29. The first-order valence-corrected chi connectivity index (χ1v) is 13.7. The molecular formula is C28H46N2O. The number of ether oxygens (including phenoxy) is 1. The monoisotopic (exact) mass is 426 g/mol. The van der Waals surface area contributed by atoms with E-state index in [0.29, 0.717) is 17.4 Å². The molecule has 174 valence electrons. The summed E-state index contributed by atoms with van der Waals surface area (Å²) in [6.45, 7) is 8.67. The van der Waals surface area contributed by atoms with Crippen LogP contribution < -0.4 is 10.6 Å². The van der Waals surface area contributed by atoms with Gasteiger partial charge < -0.3 is 10.1 Å². The van der Waals surface area contributed by atoms with Crippen LogP contribution in [-0.2, 0) is 4.74 Å². The summed E-state index contributed by atoms with van der Waals surface area (Å²) in [5.41, 5.74) is 4.28. The van der Waals surface area contributed by atoms with Gasteiger partial charge in [0.2, 0.25) is 0 Å². The van der Waals surface area contributed by atoms with Crippen molar-refractivity contribution < 1.29 is 4.74 Å². The van der Waals surface area contributed by atoms with Gasteiger partial charge in [-0.1, -0.05) is 37.8 Å². The van der Waals surface area contributed by atoms with E-state index in [1.54, 1.807) is 5.57 Å². The smallest absolute Gasteiger partial charge is 0.0982 e. The molecule has 3 heteroatoms. The number of likely N-dealkylation sites (N-methyl/N-ethyl adjacent to an activating group) is 1. The van der Waals surface area contributed by atoms with Gasteiger partial charge in [-0.3, -0.25) is 5.32 Å². The molecule has 5 fully saturated rings. The molecular weight excluding hydrogens is 380 g/mol. The van der Waals surface area contributed by atoms with E-state index in [9.17, 15) is 0 Å². The zero-order valence-corrected chi connectivity index (χ0v) is 20.6. The summed E-state index contributed by atoms with van der Waals surface area (Å²) in [7, 11) is 2.14. The molecule has 0 aromatic carbocycles. The number of rotatable bonds is 1. The number of hydrogen-bond donors (Lipinski definition) is 2. The summed E-state index contributed by atoms with van der Waals surface area (Å²) < 4.78 is 7.06. The van der Waals surface area contributed by atoms with E-state index < -0.39 is 0 Å². The quantitative estimate of drug-likeness (QED) is 0.520. The minimum Gasteiger partial charge on any atom is -0.368 e. The third-order valence-electron chi connectivity index (χ3n) is 11.5. The van der Waals surface area contributed by atoms with Gasteiger partial charge in [0.15, 0.2) is 0 Å².